The van der Waals surface area contributed by atoms with E-state index in [2.05, 4.69) is 0 Å². The Morgan fingerprint density at radius 2 is 2.22 bits per heavy atom. The lowest BCUT2D eigenvalue weighted by atomic mass is 10.1. The summed E-state index contributed by atoms with van der Waals surface area (Å²) >= 11 is 0. The Hall–Kier alpha value is -1.07. The molecule has 1 unspecified atom stereocenters. The Morgan fingerprint density at radius 1 is 1.44 bits per heavy atom. The van der Waals surface area contributed by atoms with E-state index in [1.807, 2.05) is 25.1 Å². The largest absolute Gasteiger partial charge is 0.489 e. The smallest absolute Gasteiger partial charge is 0.154 e. The molecule has 0 aromatic heterocycles. The van der Waals surface area contributed by atoms with Gasteiger partial charge in [0.25, 0.3) is 0 Å². The molecule has 1 atom stereocenters. The monoisotopic (exact) mass is 269 g/mol. The average molecular weight is 269 g/mol. The molecule has 5 heteroatoms. The maximum absolute atomic E-state index is 11.4. The van der Waals surface area contributed by atoms with E-state index < -0.39 is 9.84 Å². The van der Waals surface area contributed by atoms with Gasteiger partial charge in [-0.25, -0.2) is 8.42 Å². The Balaban J connectivity index is 2.14. The fourth-order valence-corrected chi connectivity index (χ4v) is 3.80. The summed E-state index contributed by atoms with van der Waals surface area (Å²) < 4.78 is 28.6. The van der Waals surface area contributed by atoms with Gasteiger partial charge >= 0.3 is 0 Å². The van der Waals surface area contributed by atoms with Crippen molar-refractivity contribution >= 4 is 9.84 Å². The van der Waals surface area contributed by atoms with Crippen LogP contribution >= 0.6 is 0 Å². The molecule has 1 saturated heterocycles. The molecule has 0 bridgehead atoms. The molecule has 1 heterocycles. The predicted molar refractivity (Wildman–Crippen MR) is 71.6 cm³/mol. The van der Waals surface area contributed by atoms with Crippen LogP contribution in [0.3, 0.4) is 0 Å². The first-order valence-corrected chi connectivity index (χ1v) is 7.99. The van der Waals surface area contributed by atoms with Crippen molar-refractivity contribution in [3.63, 3.8) is 0 Å². The molecule has 0 aliphatic carbocycles. The third-order valence-electron chi connectivity index (χ3n) is 3.11. The number of benzene rings is 1. The summed E-state index contributed by atoms with van der Waals surface area (Å²) in [5, 5.41) is 0. The molecule has 2 N–H and O–H groups in total. The highest BCUT2D eigenvalue weighted by Gasteiger charge is 2.29. The van der Waals surface area contributed by atoms with Crippen molar-refractivity contribution in [3.8, 4) is 5.75 Å². The van der Waals surface area contributed by atoms with E-state index in [1.54, 1.807) is 0 Å². The molecular weight excluding hydrogens is 250 g/mol. The van der Waals surface area contributed by atoms with Gasteiger partial charge in [-0.3, -0.25) is 0 Å². The molecule has 0 saturated carbocycles. The minimum Gasteiger partial charge on any atom is -0.489 e. The van der Waals surface area contributed by atoms with Gasteiger partial charge in [0.05, 0.1) is 11.5 Å². The lowest BCUT2D eigenvalue weighted by Crippen LogP contribution is -2.19. The van der Waals surface area contributed by atoms with Gasteiger partial charge in [-0.05, 0) is 37.9 Å². The van der Waals surface area contributed by atoms with Gasteiger partial charge in [0.15, 0.2) is 9.84 Å². The van der Waals surface area contributed by atoms with Crippen LogP contribution in [0.15, 0.2) is 18.2 Å². The van der Waals surface area contributed by atoms with Crippen LogP contribution < -0.4 is 10.5 Å². The molecule has 1 aliphatic heterocycles. The Morgan fingerprint density at radius 3 is 2.83 bits per heavy atom. The van der Waals surface area contributed by atoms with Gasteiger partial charge in [-0.1, -0.05) is 17.7 Å². The quantitative estimate of drug-likeness (QED) is 0.887. The minimum absolute atomic E-state index is 0.128. The lowest BCUT2D eigenvalue weighted by Gasteiger charge is -2.16. The SMILES string of the molecule is Cc1ccc(OC2CCS(=O)(=O)C2)c(CCN)c1. The van der Waals surface area contributed by atoms with Gasteiger partial charge in [-0.2, -0.15) is 0 Å². The molecule has 100 valence electrons. The molecule has 0 amide bonds. The van der Waals surface area contributed by atoms with Crippen molar-refractivity contribution in [2.75, 3.05) is 18.1 Å². The van der Waals surface area contributed by atoms with E-state index >= 15 is 0 Å². The molecule has 4 nitrogen and oxygen atoms in total. The highest BCUT2D eigenvalue weighted by molar-refractivity contribution is 7.91. The van der Waals surface area contributed by atoms with Crippen LogP contribution in [0.1, 0.15) is 17.5 Å². The van der Waals surface area contributed by atoms with Crippen LogP contribution in [-0.4, -0.2) is 32.6 Å². The maximum Gasteiger partial charge on any atom is 0.154 e. The number of rotatable bonds is 4. The van der Waals surface area contributed by atoms with Crippen molar-refractivity contribution in [3.05, 3.63) is 29.3 Å². The summed E-state index contributed by atoms with van der Waals surface area (Å²) in [6.07, 6.45) is 1.11. The summed E-state index contributed by atoms with van der Waals surface area (Å²) in [5.41, 5.74) is 7.79. The van der Waals surface area contributed by atoms with E-state index in [0.717, 1.165) is 23.3 Å². The van der Waals surface area contributed by atoms with E-state index in [9.17, 15) is 8.42 Å². The predicted octanol–water partition coefficient (Wildman–Crippen LogP) is 1.06. The number of ether oxygens (including phenoxy) is 1. The molecule has 1 aromatic carbocycles. The fraction of sp³-hybridized carbons (Fsp3) is 0.538. The fourth-order valence-electron chi connectivity index (χ4n) is 2.21. The van der Waals surface area contributed by atoms with Crippen molar-refractivity contribution in [1.29, 1.82) is 0 Å². The first-order valence-electron chi connectivity index (χ1n) is 6.17. The van der Waals surface area contributed by atoms with E-state index in [0.29, 0.717) is 13.0 Å². The summed E-state index contributed by atoms with van der Waals surface area (Å²) in [4.78, 5) is 0. The number of aryl methyl sites for hydroxylation is 1. The second-order valence-corrected chi connectivity index (χ2v) is 7.02. The first kappa shape index (κ1) is 13.4. The van der Waals surface area contributed by atoms with Gasteiger partial charge < -0.3 is 10.5 Å². The Kier molecular flexibility index (Phi) is 3.92. The molecule has 1 fully saturated rings. The van der Waals surface area contributed by atoms with Crippen LogP contribution in [0.5, 0.6) is 5.75 Å². The molecular formula is C13H19NO3S. The standard InChI is InChI=1S/C13H19NO3S/c1-10-2-3-13(11(8-10)4-6-14)17-12-5-7-18(15,16)9-12/h2-3,8,12H,4-7,9,14H2,1H3. The van der Waals surface area contributed by atoms with Crippen LogP contribution in [0, 0.1) is 6.92 Å². The van der Waals surface area contributed by atoms with Gasteiger partial charge in [-0.15, -0.1) is 0 Å². The first-order chi connectivity index (χ1) is 8.50. The topological polar surface area (TPSA) is 69.4 Å². The van der Waals surface area contributed by atoms with Crippen LogP contribution in [0.2, 0.25) is 0 Å². The van der Waals surface area contributed by atoms with Crippen LogP contribution in [0.25, 0.3) is 0 Å². The van der Waals surface area contributed by atoms with E-state index in [4.69, 9.17) is 10.5 Å². The lowest BCUT2D eigenvalue weighted by molar-refractivity contribution is 0.226. The number of hydrogen-bond donors (Lipinski definition) is 1. The maximum atomic E-state index is 11.4. The average Bonchev–Trinajstić information content (AvgIpc) is 2.62. The highest BCUT2D eigenvalue weighted by Crippen LogP contribution is 2.25. The van der Waals surface area contributed by atoms with Crippen molar-refractivity contribution in [1.82, 2.24) is 0 Å². The number of hydrogen-bond acceptors (Lipinski definition) is 4. The Bertz CT molecular complexity index is 525. The second-order valence-electron chi connectivity index (χ2n) is 4.79. The normalized spacial score (nSPS) is 22.0. The second kappa shape index (κ2) is 5.28. The molecule has 2 rings (SSSR count). The zero-order chi connectivity index (χ0) is 13.2. The summed E-state index contributed by atoms with van der Waals surface area (Å²) in [6.45, 7) is 2.58. The molecule has 18 heavy (non-hydrogen) atoms. The molecule has 0 radical (unpaired) electrons. The Labute approximate surface area is 108 Å². The highest BCUT2D eigenvalue weighted by atomic mass is 32.2. The summed E-state index contributed by atoms with van der Waals surface area (Å²) in [5.74, 6) is 1.13. The third-order valence-corrected chi connectivity index (χ3v) is 4.85. The van der Waals surface area contributed by atoms with Gasteiger partial charge in [0.1, 0.15) is 11.9 Å². The van der Waals surface area contributed by atoms with Gasteiger partial charge in [0, 0.05) is 0 Å². The third kappa shape index (κ3) is 3.23. The number of nitrogens with two attached hydrogens (primary N) is 1. The van der Waals surface area contributed by atoms with Crippen LogP contribution in [-0.2, 0) is 16.3 Å². The van der Waals surface area contributed by atoms with E-state index in [1.165, 1.54) is 0 Å². The molecule has 1 aliphatic rings. The van der Waals surface area contributed by atoms with Crippen molar-refractivity contribution in [2.45, 2.75) is 25.9 Å². The van der Waals surface area contributed by atoms with Gasteiger partial charge in [0.2, 0.25) is 0 Å². The minimum atomic E-state index is -2.90. The number of sulfone groups is 1. The zero-order valence-corrected chi connectivity index (χ0v) is 11.4. The van der Waals surface area contributed by atoms with Crippen molar-refractivity contribution < 1.29 is 13.2 Å². The van der Waals surface area contributed by atoms with Crippen molar-refractivity contribution in [2.24, 2.45) is 5.73 Å². The summed E-state index contributed by atoms with van der Waals surface area (Å²) in [6, 6.07) is 5.93. The summed E-state index contributed by atoms with van der Waals surface area (Å²) in [7, 11) is -2.90. The molecule has 0 spiro atoms. The van der Waals surface area contributed by atoms with E-state index in [-0.39, 0.29) is 17.6 Å². The zero-order valence-electron chi connectivity index (χ0n) is 10.6. The van der Waals surface area contributed by atoms with Crippen LogP contribution in [0.4, 0.5) is 0 Å². The molecule has 1 aromatic rings.